The van der Waals surface area contributed by atoms with E-state index in [4.69, 9.17) is 9.47 Å². The Morgan fingerprint density at radius 3 is 2.50 bits per heavy atom. The first kappa shape index (κ1) is 15.9. The van der Waals surface area contributed by atoms with Crippen molar-refractivity contribution >= 4 is 11.6 Å². The van der Waals surface area contributed by atoms with Gasteiger partial charge in [0, 0.05) is 5.56 Å². The third-order valence-electron chi connectivity index (χ3n) is 3.19. The van der Waals surface area contributed by atoms with Crippen molar-refractivity contribution in [2.75, 3.05) is 19.0 Å². The first-order valence-corrected chi connectivity index (χ1v) is 7.33. The number of carbonyl (C=O) groups is 1. The predicted octanol–water partition coefficient (Wildman–Crippen LogP) is 4.04. The Hall–Kier alpha value is -2.49. The molecule has 0 fully saturated rings. The second-order valence-corrected chi connectivity index (χ2v) is 5.03. The topological polar surface area (TPSA) is 47.6 Å². The number of anilines is 1. The maximum Gasteiger partial charge on any atom is 0.255 e. The number of nitrogens with one attached hydrogen (secondary N) is 1. The SMILES string of the molecule is CCCOc1ccc(C(=O)Nc2cc(C)ccc2OC)cc1. The smallest absolute Gasteiger partial charge is 0.255 e. The maximum absolute atomic E-state index is 12.3. The number of rotatable bonds is 6. The lowest BCUT2D eigenvalue weighted by molar-refractivity contribution is 0.102. The third kappa shape index (κ3) is 4.01. The average Bonchev–Trinajstić information content (AvgIpc) is 2.53. The van der Waals surface area contributed by atoms with Gasteiger partial charge in [0.15, 0.2) is 0 Å². The van der Waals surface area contributed by atoms with Crippen molar-refractivity contribution in [3.8, 4) is 11.5 Å². The summed E-state index contributed by atoms with van der Waals surface area (Å²) in [6, 6.07) is 12.8. The lowest BCUT2D eigenvalue weighted by Gasteiger charge is -2.11. The van der Waals surface area contributed by atoms with E-state index in [1.807, 2.05) is 25.1 Å². The van der Waals surface area contributed by atoms with Crippen LogP contribution >= 0.6 is 0 Å². The van der Waals surface area contributed by atoms with Crippen LogP contribution in [-0.2, 0) is 0 Å². The number of hydrogen-bond donors (Lipinski definition) is 1. The van der Waals surface area contributed by atoms with Crippen molar-refractivity contribution < 1.29 is 14.3 Å². The van der Waals surface area contributed by atoms with Gasteiger partial charge in [-0.05, 0) is 55.3 Å². The summed E-state index contributed by atoms with van der Waals surface area (Å²) in [4.78, 5) is 12.3. The fraction of sp³-hybridized carbons (Fsp3) is 0.278. The fourth-order valence-electron chi connectivity index (χ4n) is 2.04. The first-order valence-electron chi connectivity index (χ1n) is 7.33. The van der Waals surface area contributed by atoms with Crippen LogP contribution in [0, 0.1) is 6.92 Å². The van der Waals surface area contributed by atoms with Gasteiger partial charge in [0.25, 0.3) is 5.91 Å². The van der Waals surface area contributed by atoms with Crippen molar-refractivity contribution in [3.05, 3.63) is 53.6 Å². The van der Waals surface area contributed by atoms with E-state index in [1.165, 1.54) is 0 Å². The zero-order valence-corrected chi connectivity index (χ0v) is 13.2. The summed E-state index contributed by atoms with van der Waals surface area (Å²) in [5.41, 5.74) is 2.30. The number of aryl methyl sites for hydroxylation is 1. The summed E-state index contributed by atoms with van der Waals surface area (Å²) in [5.74, 6) is 1.24. The van der Waals surface area contributed by atoms with Crippen LogP contribution in [0.15, 0.2) is 42.5 Å². The molecular formula is C18H21NO3. The van der Waals surface area contributed by atoms with Crippen LogP contribution < -0.4 is 14.8 Å². The summed E-state index contributed by atoms with van der Waals surface area (Å²) in [6.07, 6.45) is 0.954. The molecule has 0 aliphatic rings. The Bertz CT molecular complexity index is 635. The summed E-state index contributed by atoms with van der Waals surface area (Å²) in [7, 11) is 1.58. The second-order valence-electron chi connectivity index (χ2n) is 5.03. The monoisotopic (exact) mass is 299 g/mol. The largest absolute Gasteiger partial charge is 0.495 e. The van der Waals surface area contributed by atoms with E-state index in [0.717, 1.165) is 17.7 Å². The number of methoxy groups -OCH3 is 1. The molecule has 0 aliphatic carbocycles. The summed E-state index contributed by atoms with van der Waals surface area (Å²) >= 11 is 0. The molecule has 0 radical (unpaired) electrons. The molecule has 2 aromatic carbocycles. The predicted molar refractivity (Wildman–Crippen MR) is 87.9 cm³/mol. The van der Waals surface area contributed by atoms with Gasteiger partial charge in [-0.15, -0.1) is 0 Å². The van der Waals surface area contributed by atoms with E-state index in [9.17, 15) is 4.79 Å². The molecule has 0 spiro atoms. The molecule has 2 aromatic rings. The second kappa shape index (κ2) is 7.50. The van der Waals surface area contributed by atoms with Gasteiger partial charge >= 0.3 is 0 Å². The molecule has 1 N–H and O–H groups in total. The summed E-state index contributed by atoms with van der Waals surface area (Å²) in [5, 5.41) is 2.88. The zero-order chi connectivity index (χ0) is 15.9. The minimum atomic E-state index is -0.175. The number of amides is 1. The van der Waals surface area contributed by atoms with Crippen molar-refractivity contribution in [2.24, 2.45) is 0 Å². The molecule has 0 saturated carbocycles. The van der Waals surface area contributed by atoms with Gasteiger partial charge in [0.05, 0.1) is 19.4 Å². The Balaban J connectivity index is 2.10. The van der Waals surface area contributed by atoms with E-state index in [-0.39, 0.29) is 5.91 Å². The Kier molecular flexibility index (Phi) is 5.42. The highest BCUT2D eigenvalue weighted by molar-refractivity contribution is 6.05. The van der Waals surface area contributed by atoms with Gasteiger partial charge in [-0.3, -0.25) is 4.79 Å². The minimum absolute atomic E-state index is 0.175. The van der Waals surface area contributed by atoms with Gasteiger partial charge in [-0.25, -0.2) is 0 Å². The Labute approximate surface area is 131 Å². The molecule has 0 aliphatic heterocycles. The summed E-state index contributed by atoms with van der Waals surface area (Å²) in [6.45, 7) is 4.69. The van der Waals surface area contributed by atoms with Crippen LogP contribution in [0.3, 0.4) is 0 Å². The van der Waals surface area contributed by atoms with Gasteiger partial charge in [0.2, 0.25) is 0 Å². The van der Waals surface area contributed by atoms with E-state index < -0.39 is 0 Å². The van der Waals surface area contributed by atoms with Gasteiger partial charge < -0.3 is 14.8 Å². The van der Waals surface area contributed by atoms with Gasteiger partial charge in [-0.1, -0.05) is 13.0 Å². The van der Waals surface area contributed by atoms with Crippen LogP contribution in [0.1, 0.15) is 29.3 Å². The highest BCUT2D eigenvalue weighted by Gasteiger charge is 2.10. The van der Waals surface area contributed by atoms with Crippen LogP contribution in [0.5, 0.6) is 11.5 Å². The first-order chi connectivity index (χ1) is 10.6. The molecule has 0 bridgehead atoms. The quantitative estimate of drug-likeness (QED) is 0.875. The number of hydrogen-bond acceptors (Lipinski definition) is 3. The zero-order valence-electron chi connectivity index (χ0n) is 13.2. The number of benzene rings is 2. The molecule has 0 aromatic heterocycles. The van der Waals surface area contributed by atoms with Crippen LogP contribution in [0.25, 0.3) is 0 Å². The van der Waals surface area contributed by atoms with Crippen molar-refractivity contribution in [1.29, 1.82) is 0 Å². The van der Waals surface area contributed by atoms with E-state index in [2.05, 4.69) is 12.2 Å². The molecule has 0 saturated heterocycles. The van der Waals surface area contributed by atoms with Crippen molar-refractivity contribution in [3.63, 3.8) is 0 Å². The minimum Gasteiger partial charge on any atom is -0.495 e. The van der Waals surface area contributed by atoms with Crippen molar-refractivity contribution in [1.82, 2.24) is 0 Å². The lowest BCUT2D eigenvalue weighted by Crippen LogP contribution is -2.12. The maximum atomic E-state index is 12.3. The molecule has 2 rings (SSSR count). The number of carbonyl (C=O) groups excluding carboxylic acids is 1. The van der Waals surface area contributed by atoms with Crippen LogP contribution in [0.2, 0.25) is 0 Å². The van der Waals surface area contributed by atoms with E-state index >= 15 is 0 Å². The molecule has 22 heavy (non-hydrogen) atoms. The number of ether oxygens (including phenoxy) is 2. The van der Waals surface area contributed by atoms with Crippen LogP contribution in [0.4, 0.5) is 5.69 Å². The van der Waals surface area contributed by atoms with Crippen LogP contribution in [-0.4, -0.2) is 19.6 Å². The van der Waals surface area contributed by atoms with E-state index in [1.54, 1.807) is 31.4 Å². The normalized spacial score (nSPS) is 10.1. The average molecular weight is 299 g/mol. The fourth-order valence-corrected chi connectivity index (χ4v) is 2.04. The summed E-state index contributed by atoms with van der Waals surface area (Å²) < 4.78 is 10.8. The lowest BCUT2D eigenvalue weighted by atomic mass is 10.1. The molecular weight excluding hydrogens is 278 g/mol. The van der Waals surface area contributed by atoms with Gasteiger partial charge in [-0.2, -0.15) is 0 Å². The molecule has 4 nitrogen and oxygen atoms in total. The third-order valence-corrected chi connectivity index (χ3v) is 3.19. The Morgan fingerprint density at radius 2 is 1.86 bits per heavy atom. The molecule has 0 heterocycles. The Morgan fingerprint density at radius 1 is 1.14 bits per heavy atom. The van der Waals surface area contributed by atoms with Crippen molar-refractivity contribution in [2.45, 2.75) is 20.3 Å². The standard InChI is InChI=1S/C18H21NO3/c1-4-11-22-15-8-6-14(7-9-15)18(20)19-16-12-13(2)5-10-17(16)21-3/h5-10,12H,4,11H2,1-3H3,(H,19,20). The molecule has 0 unspecified atom stereocenters. The molecule has 4 heteroatoms. The highest BCUT2D eigenvalue weighted by Crippen LogP contribution is 2.26. The molecule has 116 valence electrons. The van der Waals surface area contributed by atoms with E-state index in [0.29, 0.717) is 23.6 Å². The van der Waals surface area contributed by atoms with Gasteiger partial charge in [0.1, 0.15) is 11.5 Å². The highest BCUT2D eigenvalue weighted by atomic mass is 16.5. The molecule has 1 amide bonds. The molecule has 0 atom stereocenters.